The largest absolute Gasteiger partial charge is 0.486 e. The van der Waals surface area contributed by atoms with Gasteiger partial charge in [-0.3, -0.25) is 4.79 Å². The van der Waals surface area contributed by atoms with E-state index in [1.807, 2.05) is 11.4 Å². The second-order valence-corrected chi connectivity index (χ2v) is 6.21. The molecule has 0 fully saturated rings. The van der Waals surface area contributed by atoms with Crippen LogP contribution in [0.1, 0.15) is 4.88 Å². The molecule has 1 aliphatic heterocycles. The minimum Gasteiger partial charge on any atom is -0.486 e. The first-order valence-corrected chi connectivity index (χ1v) is 8.01. The molecule has 3 rings (SSSR count). The van der Waals surface area contributed by atoms with Gasteiger partial charge in [0.05, 0.1) is 0 Å². The Hall–Kier alpha value is -1.79. The molecule has 0 bridgehead atoms. The molecule has 4 nitrogen and oxygen atoms in total. The number of anilines is 1. The number of benzene rings is 1. The summed E-state index contributed by atoms with van der Waals surface area (Å²) in [5.74, 6) is 1.18. The van der Waals surface area contributed by atoms with Crippen molar-refractivity contribution in [1.82, 2.24) is 0 Å². The topological polar surface area (TPSA) is 47.6 Å². The average molecular weight is 366 g/mol. The molecule has 2 aromatic rings. The number of carbonyl (C=O) groups is 1. The van der Waals surface area contributed by atoms with Gasteiger partial charge in [-0.2, -0.15) is 0 Å². The molecule has 1 N–H and O–H groups in total. The molecule has 0 atom stereocenters. The number of halogens is 1. The van der Waals surface area contributed by atoms with E-state index in [0.717, 1.165) is 9.35 Å². The lowest BCUT2D eigenvalue weighted by Crippen LogP contribution is -2.16. The van der Waals surface area contributed by atoms with E-state index in [2.05, 4.69) is 21.2 Å². The highest BCUT2D eigenvalue weighted by Crippen LogP contribution is 2.32. The maximum absolute atomic E-state index is 11.9. The van der Waals surface area contributed by atoms with Crippen molar-refractivity contribution in [2.75, 3.05) is 18.5 Å². The average Bonchev–Trinajstić information content (AvgIpc) is 2.91. The third kappa shape index (κ3) is 3.65. The molecule has 0 unspecified atom stereocenters. The summed E-state index contributed by atoms with van der Waals surface area (Å²) in [5, 5.41) is 4.77. The van der Waals surface area contributed by atoms with Crippen LogP contribution in [0, 0.1) is 0 Å². The normalized spacial score (nSPS) is 13.4. The highest BCUT2D eigenvalue weighted by Gasteiger charge is 2.12. The van der Waals surface area contributed by atoms with Gasteiger partial charge in [-0.25, -0.2) is 0 Å². The van der Waals surface area contributed by atoms with Gasteiger partial charge in [0.25, 0.3) is 0 Å². The molecule has 0 radical (unpaired) electrons. The number of fused-ring (bicyclic) bond motifs is 1. The fourth-order valence-electron chi connectivity index (χ4n) is 1.88. The van der Waals surface area contributed by atoms with Gasteiger partial charge in [0, 0.05) is 32.6 Å². The Labute approximate surface area is 134 Å². The molecule has 1 aromatic heterocycles. The second kappa shape index (κ2) is 6.32. The Kier molecular flexibility index (Phi) is 4.26. The highest BCUT2D eigenvalue weighted by molar-refractivity contribution is 9.10. The lowest BCUT2D eigenvalue weighted by atomic mass is 10.2. The van der Waals surface area contributed by atoms with Gasteiger partial charge in [-0.05, 0) is 40.2 Å². The van der Waals surface area contributed by atoms with Crippen LogP contribution in [-0.2, 0) is 4.79 Å². The second-order valence-electron chi connectivity index (χ2n) is 4.35. The van der Waals surface area contributed by atoms with Crippen molar-refractivity contribution in [3.05, 3.63) is 45.1 Å². The van der Waals surface area contributed by atoms with Gasteiger partial charge < -0.3 is 14.8 Å². The number of thiophene rings is 1. The minimum absolute atomic E-state index is 0.184. The van der Waals surface area contributed by atoms with Crippen LogP contribution >= 0.6 is 27.3 Å². The summed E-state index contributed by atoms with van der Waals surface area (Å²) in [4.78, 5) is 12.9. The van der Waals surface area contributed by atoms with Gasteiger partial charge in [0.2, 0.25) is 5.91 Å². The molecule has 0 aliphatic carbocycles. The number of nitrogens with one attached hydrogen (secondary N) is 1. The third-order valence-corrected chi connectivity index (χ3v) is 4.46. The molecule has 1 aliphatic rings. The maximum atomic E-state index is 11.9. The van der Waals surface area contributed by atoms with E-state index in [1.54, 1.807) is 35.6 Å². The van der Waals surface area contributed by atoms with Crippen LogP contribution in [-0.4, -0.2) is 19.1 Å². The summed E-state index contributed by atoms with van der Waals surface area (Å²) in [5.41, 5.74) is 0.682. The van der Waals surface area contributed by atoms with E-state index in [0.29, 0.717) is 30.4 Å². The van der Waals surface area contributed by atoms with Crippen LogP contribution in [0.5, 0.6) is 11.5 Å². The van der Waals surface area contributed by atoms with E-state index < -0.39 is 0 Å². The predicted molar refractivity (Wildman–Crippen MR) is 87.1 cm³/mol. The Balaban J connectivity index is 1.66. The van der Waals surface area contributed by atoms with Gasteiger partial charge in [0.1, 0.15) is 13.2 Å². The molecular weight excluding hydrogens is 354 g/mol. The lowest BCUT2D eigenvalue weighted by Gasteiger charge is -2.18. The quantitative estimate of drug-likeness (QED) is 0.838. The van der Waals surface area contributed by atoms with Crippen molar-refractivity contribution < 1.29 is 14.3 Å². The van der Waals surface area contributed by atoms with Crippen molar-refractivity contribution in [2.45, 2.75) is 0 Å². The molecular formula is C15H12BrNO3S. The summed E-state index contributed by atoms with van der Waals surface area (Å²) < 4.78 is 11.9. The zero-order valence-corrected chi connectivity index (χ0v) is 13.4. The Morgan fingerprint density at radius 3 is 2.81 bits per heavy atom. The lowest BCUT2D eigenvalue weighted by molar-refractivity contribution is -0.111. The van der Waals surface area contributed by atoms with Gasteiger partial charge in [0.15, 0.2) is 11.5 Å². The minimum atomic E-state index is -0.184. The molecule has 108 valence electrons. The maximum Gasteiger partial charge on any atom is 0.248 e. The molecule has 0 saturated heterocycles. The molecule has 1 aromatic carbocycles. The highest BCUT2D eigenvalue weighted by atomic mass is 79.9. The smallest absolute Gasteiger partial charge is 0.248 e. The predicted octanol–water partition coefficient (Wildman–Crippen LogP) is 3.93. The van der Waals surface area contributed by atoms with Crippen molar-refractivity contribution in [3.8, 4) is 11.5 Å². The van der Waals surface area contributed by atoms with Gasteiger partial charge in [-0.1, -0.05) is 0 Å². The van der Waals surface area contributed by atoms with Gasteiger partial charge >= 0.3 is 0 Å². The Morgan fingerprint density at radius 1 is 1.24 bits per heavy atom. The summed E-state index contributed by atoms with van der Waals surface area (Å²) in [6.45, 7) is 1.08. The fourth-order valence-corrected chi connectivity index (χ4v) is 3.22. The SMILES string of the molecule is O=C(/C=C/c1cc(Br)cs1)Nc1ccc2c(c1)OCCO2. The summed E-state index contributed by atoms with van der Waals surface area (Å²) >= 11 is 4.94. The van der Waals surface area contributed by atoms with Crippen molar-refractivity contribution in [2.24, 2.45) is 0 Å². The molecule has 21 heavy (non-hydrogen) atoms. The standard InChI is InChI=1S/C15H12BrNO3S/c16-10-7-12(21-9-10)2-4-15(18)17-11-1-3-13-14(8-11)20-6-5-19-13/h1-4,7-9H,5-6H2,(H,17,18)/b4-2+. The van der Waals surface area contributed by atoms with Gasteiger partial charge in [-0.15, -0.1) is 11.3 Å². The first kappa shape index (κ1) is 14.2. The van der Waals surface area contributed by atoms with E-state index in [-0.39, 0.29) is 5.91 Å². The number of hydrogen-bond donors (Lipinski definition) is 1. The first-order valence-electron chi connectivity index (χ1n) is 6.33. The van der Waals surface area contributed by atoms with Crippen LogP contribution in [0.2, 0.25) is 0 Å². The molecule has 6 heteroatoms. The zero-order valence-electron chi connectivity index (χ0n) is 11.0. The van der Waals surface area contributed by atoms with Crippen molar-refractivity contribution in [3.63, 3.8) is 0 Å². The summed E-state index contributed by atoms with van der Waals surface area (Å²) in [6.07, 6.45) is 3.29. The fraction of sp³-hybridized carbons (Fsp3) is 0.133. The summed E-state index contributed by atoms with van der Waals surface area (Å²) in [7, 11) is 0. The monoisotopic (exact) mass is 365 g/mol. The number of rotatable bonds is 3. The van der Waals surface area contributed by atoms with E-state index in [9.17, 15) is 4.79 Å². The summed E-state index contributed by atoms with van der Waals surface area (Å²) in [6, 6.07) is 7.31. The van der Waals surface area contributed by atoms with E-state index in [4.69, 9.17) is 9.47 Å². The van der Waals surface area contributed by atoms with Crippen LogP contribution in [0.25, 0.3) is 6.08 Å². The third-order valence-electron chi connectivity index (χ3n) is 2.80. The van der Waals surface area contributed by atoms with Crippen LogP contribution in [0.3, 0.4) is 0 Å². The molecule has 0 saturated carbocycles. The van der Waals surface area contributed by atoms with Crippen LogP contribution < -0.4 is 14.8 Å². The zero-order chi connectivity index (χ0) is 14.7. The van der Waals surface area contributed by atoms with Crippen LogP contribution in [0.15, 0.2) is 40.2 Å². The first-order chi connectivity index (χ1) is 10.2. The van der Waals surface area contributed by atoms with Crippen LogP contribution in [0.4, 0.5) is 5.69 Å². The van der Waals surface area contributed by atoms with Crippen molar-refractivity contribution in [1.29, 1.82) is 0 Å². The Morgan fingerprint density at radius 2 is 2.05 bits per heavy atom. The van der Waals surface area contributed by atoms with Crippen molar-refractivity contribution >= 4 is 44.9 Å². The molecule has 2 heterocycles. The number of ether oxygens (including phenoxy) is 2. The van der Waals surface area contributed by atoms with E-state index in [1.165, 1.54) is 6.08 Å². The number of carbonyl (C=O) groups excluding carboxylic acids is 1. The molecule has 0 spiro atoms. The Bertz CT molecular complexity index is 696. The molecule has 1 amide bonds. The number of amides is 1. The number of hydrogen-bond acceptors (Lipinski definition) is 4. The van der Waals surface area contributed by atoms with E-state index >= 15 is 0 Å².